The SMILES string of the molecule is Cc1cnc(Cl)c(NC(C)Cc2ccc(F)cc2)c1. The highest BCUT2D eigenvalue weighted by molar-refractivity contribution is 6.31. The van der Waals surface area contributed by atoms with Crippen LogP contribution in [0.3, 0.4) is 0 Å². The maximum atomic E-state index is 12.8. The van der Waals surface area contributed by atoms with E-state index < -0.39 is 0 Å². The predicted molar refractivity (Wildman–Crippen MR) is 77.2 cm³/mol. The third-order valence-electron chi connectivity index (χ3n) is 2.83. The Bertz CT molecular complexity index is 555. The number of nitrogens with one attached hydrogen (secondary N) is 1. The van der Waals surface area contributed by atoms with E-state index in [4.69, 9.17) is 11.6 Å². The molecular weight excluding hydrogens is 263 g/mol. The first kappa shape index (κ1) is 13.8. The van der Waals surface area contributed by atoms with E-state index in [0.717, 1.165) is 23.2 Å². The largest absolute Gasteiger partial charge is 0.380 e. The van der Waals surface area contributed by atoms with Gasteiger partial charge in [-0.15, -0.1) is 0 Å². The van der Waals surface area contributed by atoms with Crippen LogP contribution in [0.5, 0.6) is 0 Å². The van der Waals surface area contributed by atoms with Crippen LogP contribution < -0.4 is 5.32 Å². The molecule has 0 aliphatic rings. The van der Waals surface area contributed by atoms with Crippen LogP contribution in [0.1, 0.15) is 18.1 Å². The third kappa shape index (κ3) is 3.93. The minimum absolute atomic E-state index is 0.187. The fraction of sp³-hybridized carbons (Fsp3) is 0.267. The Balaban J connectivity index is 2.02. The summed E-state index contributed by atoms with van der Waals surface area (Å²) in [6.45, 7) is 4.03. The molecule has 0 fully saturated rings. The van der Waals surface area contributed by atoms with Gasteiger partial charge in [-0.3, -0.25) is 0 Å². The van der Waals surface area contributed by atoms with E-state index in [2.05, 4.69) is 17.2 Å². The quantitative estimate of drug-likeness (QED) is 0.847. The van der Waals surface area contributed by atoms with Crippen molar-refractivity contribution in [2.45, 2.75) is 26.3 Å². The Morgan fingerprint density at radius 2 is 2.00 bits per heavy atom. The molecule has 19 heavy (non-hydrogen) atoms. The van der Waals surface area contributed by atoms with E-state index in [1.807, 2.05) is 13.0 Å². The van der Waals surface area contributed by atoms with Crippen molar-refractivity contribution in [1.82, 2.24) is 4.98 Å². The van der Waals surface area contributed by atoms with Crippen LogP contribution in [0.4, 0.5) is 10.1 Å². The van der Waals surface area contributed by atoms with E-state index in [-0.39, 0.29) is 11.9 Å². The average Bonchev–Trinajstić information content (AvgIpc) is 2.37. The molecule has 0 aliphatic heterocycles. The number of nitrogens with zero attached hydrogens (tertiary/aromatic N) is 1. The normalized spacial score (nSPS) is 12.2. The molecule has 1 N–H and O–H groups in total. The lowest BCUT2D eigenvalue weighted by Gasteiger charge is -2.16. The number of benzene rings is 1. The molecule has 2 aromatic rings. The molecule has 0 aliphatic carbocycles. The molecule has 1 aromatic carbocycles. The summed E-state index contributed by atoms with van der Waals surface area (Å²) in [5.74, 6) is -0.213. The zero-order valence-electron chi connectivity index (χ0n) is 11.0. The molecule has 0 spiro atoms. The lowest BCUT2D eigenvalue weighted by Crippen LogP contribution is -2.18. The minimum atomic E-state index is -0.213. The molecule has 2 nitrogen and oxygen atoms in total. The highest BCUT2D eigenvalue weighted by atomic mass is 35.5. The first-order valence-corrected chi connectivity index (χ1v) is 6.55. The number of aromatic nitrogens is 1. The summed E-state index contributed by atoms with van der Waals surface area (Å²) in [5.41, 5.74) is 2.97. The number of pyridine rings is 1. The Morgan fingerprint density at radius 1 is 1.32 bits per heavy atom. The van der Waals surface area contributed by atoms with Crippen molar-refractivity contribution in [2.24, 2.45) is 0 Å². The van der Waals surface area contributed by atoms with E-state index in [9.17, 15) is 4.39 Å². The van der Waals surface area contributed by atoms with Crippen molar-refractivity contribution in [1.29, 1.82) is 0 Å². The summed E-state index contributed by atoms with van der Waals surface area (Å²) in [6.07, 6.45) is 2.53. The van der Waals surface area contributed by atoms with Crippen molar-refractivity contribution < 1.29 is 4.39 Å². The summed E-state index contributed by atoms with van der Waals surface area (Å²) in [5, 5.41) is 3.79. The number of hydrogen-bond acceptors (Lipinski definition) is 2. The van der Waals surface area contributed by atoms with Crippen LogP contribution in [0, 0.1) is 12.7 Å². The average molecular weight is 279 g/mol. The number of anilines is 1. The van der Waals surface area contributed by atoms with E-state index >= 15 is 0 Å². The molecule has 2 rings (SSSR count). The number of rotatable bonds is 4. The Morgan fingerprint density at radius 3 is 2.68 bits per heavy atom. The van der Waals surface area contributed by atoms with Crippen LogP contribution in [0.15, 0.2) is 36.5 Å². The molecule has 4 heteroatoms. The highest BCUT2D eigenvalue weighted by Gasteiger charge is 2.07. The van der Waals surface area contributed by atoms with Crippen LogP contribution in [0.25, 0.3) is 0 Å². The molecule has 0 amide bonds. The van der Waals surface area contributed by atoms with E-state index in [0.29, 0.717) is 5.15 Å². The molecule has 0 saturated carbocycles. The topological polar surface area (TPSA) is 24.9 Å². The Labute approximate surface area is 117 Å². The molecule has 100 valence electrons. The van der Waals surface area contributed by atoms with Crippen LogP contribution in [-0.4, -0.2) is 11.0 Å². The summed E-state index contributed by atoms with van der Waals surface area (Å²) >= 11 is 6.04. The molecule has 0 bridgehead atoms. The zero-order valence-corrected chi connectivity index (χ0v) is 11.7. The first-order valence-electron chi connectivity index (χ1n) is 6.17. The molecule has 1 atom stereocenters. The van der Waals surface area contributed by atoms with Crippen molar-refractivity contribution in [2.75, 3.05) is 5.32 Å². The lowest BCUT2D eigenvalue weighted by molar-refractivity contribution is 0.626. The number of aryl methyl sites for hydroxylation is 1. The second-order valence-corrected chi connectivity index (χ2v) is 5.09. The lowest BCUT2D eigenvalue weighted by atomic mass is 10.1. The van der Waals surface area contributed by atoms with Gasteiger partial charge in [-0.05, 0) is 49.6 Å². The first-order chi connectivity index (χ1) is 9.04. The fourth-order valence-corrected chi connectivity index (χ4v) is 2.10. The summed E-state index contributed by atoms with van der Waals surface area (Å²) < 4.78 is 12.8. The second kappa shape index (κ2) is 6.02. The van der Waals surface area contributed by atoms with E-state index in [1.54, 1.807) is 18.3 Å². The van der Waals surface area contributed by atoms with Gasteiger partial charge >= 0.3 is 0 Å². The molecule has 0 saturated heterocycles. The molecule has 1 aromatic heterocycles. The van der Waals surface area contributed by atoms with Gasteiger partial charge in [0.2, 0.25) is 0 Å². The minimum Gasteiger partial charge on any atom is -0.380 e. The predicted octanol–water partition coefficient (Wildman–Crippen LogP) is 4.23. The Hall–Kier alpha value is -1.61. The molecule has 1 heterocycles. The van der Waals surface area contributed by atoms with Gasteiger partial charge in [0.15, 0.2) is 5.15 Å². The fourth-order valence-electron chi connectivity index (χ4n) is 1.94. The molecule has 1 unspecified atom stereocenters. The summed E-state index contributed by atoms with van der Waals surface area (Å²) in [7, 11) is 0. The van der Waals surface area contributed by atoms with Crippen molar-refractivity contribution in [3.63, 3.8) is 0 Å². The number of hydrogen-bond donors (Lipinski definition) is 1. The molecular formula is C15H16ClFN2. The van der Waals surface area contributed by atoms with Crippen molar-refractivity contribution >= 4 is 17.3 Å². The van der Waals surface area contributed by atoms with Gasteiger partial charge in [-0.25, -0.2) is 9.37 Å². The van der Waals surface area contributed by atoms with Crippen LogP contribution in [-0.2, 0) is 6.42 Å². The van der Waals surface area contributed by atoms with Gasteiger partial charge in [0, 0.05) is 12.2 Å². The third-order valence-corrected chi connectivity index (χ3v) is 3.13. The van der Waals surface area contributed by atoms with Gasteiger partial charge in [0.1, 0.15) is 5.82 Å². The second-order valence-electron chi connectivity index (χ2n) is 4.73. The zero-order chi connectivity index (χ0) is 13.8. The summed E-state index contributed by atoms with van der Waals surface area (Å²) in [4.78, 5) is 4.10. The van der Waals surface area contributed by atoms with Gasteiger partial charge in [-0.1, -0.05) is 23.7 Å². The van der Waals surface area contributed by atoms with Gasteiger partial charge in [-0.2, -0.15) is 0 Å². The van der Waals surface area contributed by atoms with Crippen molar-refractivity contribution in [3.05, 3.63) is 58.6 Å². The number of halogens is 2. The maximum Gasteiger partial charge on any atom is 0.152 e. The van der Waals surface area contributed by atoms with Gasteiger partial charge in [0.05, 0.1) is 5.69 Å². The van der Waals surface area contributed by atoms with Gasteiger partial charge < -0.3 is 5.32 Å². The van der Waals surface area contributed by atoms with Crippen LogP contribution >= 0.6 is 11.6 Å². The monoisotopic (exact) mass is 278 g/mol. The van der Waals surface area contributed by atoms with Crippen molar-refractivity contribution in [3.8, 4) is 0 Å². The maximum absolute atomic E-state index is 12.8. The Kier molecular flexibility index (Phi) is 4.38. The van der Waals surface area contributed by atoms with Crippen LogP contribution in [0.2, 0.25) is 5.15 Å². The van der Waals surface area contributed by atoms with Gasteiger partial charge in [0.25, 0.3) is 0 Å². The molecule has 0 radical (unpaired) electrons. The van der Waals surface area contributed by atoms with E-state index in [1.165, 1.54) is 12.1 Å². The standard InChI is InChI=1S/C15H16ClFN2/c1-10-7-14(15(16)18-9-10)19-11(2)8-12-3-5-13(17)6-4-12/h3-7,9,11,19H,8H2,1-2H3. The summed E-state index contributed by atoms with van der Waals surface area (Å²) in [6, 6.07) is 8.70. The highest BCUT2D eigenvalue weighted by Crippen LogP contribution is 2.21. The smallest absolute Gasteiger partial charge is 0.152 e.